The Hall–Kier alpha value is -3.47. The number of fused-ring (bicyclic) bond motifs is 1. The topological polar surface area (TPSA) is 109 Å². The van der Waals surface area contributed by atoms with Crippen LogP contribution >= 0.6 is 0 Å². The van der Waals surface area contributed by atoms with Crippen molar-refractivity contribution >= 4 is 11.7 Å². The summed E-state index contributed by atoms with van der Waals surface area (Å²) in [5.41, 5.74) is 0.765. The van der Waals surface area contributed by atoms with Crippen LogP contribution in [0.25, 0.3) is 0 Å². The third kappa shape index (κ3) is 3.47. The minimum absolute atomic E-state index is 0.0728. The van der Waals surface area contributed by atoms with Gasteiger partial charge >= 0.3 is 0 Å². The normalized spacial score (nSPS) is 12.6. The lowest BCUT2D eigenvalue weighted by Crippen LogP contribution is -2.24. The van der Waals surface area contributed by atoms with E-state index in [2.05, 4.69) is 15.8 Å². The van der Waals surface area contributed by atoms with Crippen molar-refractivity contribution in [2.45, 2.75) is 13.5 Å². The van der Waals surface area contributed by atoms with Crippen LogP contribution in [0.5, 0.6) is 11.5 Å². The van der Waals surface area contributed by atoms with E-state index in [1.54, 1.807) is 25.1 Å². The number of ether oxygens (including phenoxy) is 2. The van der Waals surface area contributed by atoms with Crippen molar-refractivity contribution in [3.63, 3.8) is 0 Å². The summed E-state index contributed by atoms with van der Waals surface area (Å²) < 4.78 is 15.4. The predicted octanol–water partition coefficient (Wildman–Crippen LogP) is 1.85. The molecular weight excluding hydrogens is 312 g/mol. The van der Waals surface area contributed by atoms with Crippen molar-refractivity contribution in [2.75, 3.05) is 12.1 Å². The minimum atomic E-state index is -0.497. The maximum absolute atomic E-state index is 12.1. The number of carbonyl (C=O) groups excluding carboxylic acids is 1. The van der Waals surface area contributed by atoms with Crippen molar-refractivity contribution < 1.29 is 18.8 Å². The molecule has 8 nitrogen and oxygen atoms in total. The van der Waals surface area contributed by atoms with Crippen LogP contribution in [-0.2, 0) is 11.3 Å². The summed E-state index contributed by atoms with van der Waals surface area (Å²) in [4.78, 5) is 12.1. The molecule has 0 bridgehead atoms. The first-order valence-electron chi connectivity index (χ1n) is 7.12. The molecule has 2 N–H and O–H groups in total. The Morgan fingerprint density at radius 3 is 2.96 bits per heavy atom. The third-order valence-electron chi connectivity index (χ3n) is 3.25. The van der Waals surface area contributed by atoms with Crippen LogP contribution in [0.3, 0.4) is 0 Å². The number of aryl methyl sites for hydroxylation is 1. The number of amides is 1. The first kappa shape index (κ1) is 15.4. The number of carbonyl (C=O) groups is 1. The van der Waals surface area contributed by atoms with E-state index in [0.29, 0.717) is 23.1 Å². The van der Waals surface area contributed by atoms with Gasteiger partial charge in [0.15, 0.2) is 17.3 Å². The van der Waals surface area contributed by atoms with E-state index in [9.17, 15) is 4.79 Å². The highest BCUT2D eigenvalue weighted by Gasteiger charge is 2.14. The van der Waals surface area contributed by atoms with E-state index in [0.717, 1.165) is 5.56 Å². The van der Waals surface area contributed by atoms with E-state index in [1.165, 1.54) is 6.20 Å². The largest absolute Gasteiger partial charge is 0.454 e. The molecule has 1 aliphatic rings. The van der Waals surface area contributed by atoms with Crippen LogP contribution in [0.2, 0.25) is 0 Å². The van der Waals surface area contributed by atoms with Crippen LogP contribution < -0.4 is 20.1 Å². The van der Waals surface area contributed by atoms with Gasteiger partial charge in [0.1, 0.15) is 17.4 Å². The molecule has 0 saturated heterocycles. The van der Waals surface area contributed by atoms with Gasteiger partial charge in [0, 0.05) is 18.8 Å². The summed E-state index contributed by atoms with van der Waals surface area (Å²) >= 11 is 0. The average Bonchev–Trinajstić information content (AvgIpc) is 3.21. The number of aromatic nitrogens is 1. The number of anilines is 1. The Morgan fingerprint density at radius 2 is 2.21 bits per heavy atom. The second kappa shape index (κ2) is 6.75. The highest BCUT2D eigenvalue weighted by Crippen LogP contribution is 2.32. The van der Waals surface area contributed by atoms with E-state index in [-0.39, 0.29) is 18.9 Å². The average molecular weight is 326 g/mol. The second-order valence-corrected chi connectivity index (χ2v) is 5.01. The van der Waals surface area contributed by atoms with Gasteiger partial charge in [-0.3, -0.25) is 4.79 Å². The van der Waals surface area contributed by atoms with Gasteiger partial charge in [-0.2, -0.15) is 5.26 Å². The Bertz CT molecular complexity index is 835. The predicted molar refractivity (Wildman–Crippen MR) is 83.0 cm³/mol. The van der Waals surface area contributed by atoms with Gasteiger partial charge in [-0.25, -0.2) is 0 Å². The zero-order chi connectivity index (χ0) is 16.9. The molecule has 1 aromatic heterocycles. The summed E-state index contributed by atoms with van der Waals surface area (Å²) in [5.74, 6) is 1.86. The zero-order valence-corrected chi connectivity index (χ0v) is 12.8. The maximum Gasteiger partial charge on any atom is 0.263 e. The fourth-order valence-corrected chi connectivity index (χ4v) is 2.06. The molecule has 24 heavy (non-hydrogen) atoms. The Labute approximate surface area is 137 Å². The number of rotatable bonds is 5. The molecule has 2 aromatic rings. The molecule has 0 spiro atoms. The van der Waals surface area contributed by atoms with Crippen LogP contribution in [0.15, 0.2) is 40.6 Å². The molecule has 0 fully saturated rings. The second-order valence-electron chi connectivity index (χ2n) is 5.01. The SMILES string of the molecule is Cc1cc(N/C=C(/C#N)C(=O)NCc2ccc3c(c2)OCO3)no1. The molecule has 122 valence electrons. The van der Waals surface area contributed by atoms with Crippen molar-refractivity contribution in [1.29, 1.82) is 5.26 Å². The Morgan fingerprint density at radius 1 is 1.38 bits per heavy atom. The van der Waals surface area contributed by atoms with Crippen LogP contribution in [0.1, 0.15) is 11.3 Å². The van der Waals surface area contributed by atoms with Gasteiger partial charge < -0.3 is 24.6 Å². The molecule has 1 aliphatic heterocycles. The fraction of sp³-hybridized carbons (Fsp3) is 0.188. The van der Waals surface area contributed by atoms with Crippen LogP contribution in [0, 0.1) is 18.3 Å². The smallest absolute Gasteiger partial charge is 0.263 e. The maximum atomic E-state index is 12.1. The summed E-state index contributed by atoms with van der Waals surface area (Å²) in [6.45, 7) is 2.20. The lowest BCUT2D eigenvalue weighted by atomic mass is 10.2. The number of nitrogens with zero attached hydrogens (tertiary/aromatic N) is 2. The molecule has 1 aromatic carbocycles. The van der Waals surface area contributed by atoms with Gasteiger partial charge in [-0.1, -0.05) is 11.2 Å². The molecule has 0 unspecified atom stereocenters. The molecule has 0 saturated carbocycles. The standard InChI is InChI=1S/C16H14N4O4/c1-10-4-15(20-24-10)18-8-12(6-17)16(21)19-7-11-2-3-13-14(5-11)23-9-22-13/h2-5,8H,7,9H2,1H3,(H,18,20)(H,19,21)/b12-8-. The molecular formula is C16H14N4O4. The zero-order valence-electron chi connectivity index (χ0n) is 12.8. The number of nitriles is 1. The van der Waals surface area contributed by atoms with Crippen LogP contribution in [0.4, 0.5) is 5.82 Å². The summed E-state index contributed by atoms with van der Waals surface area (Å²) in [6, 6.07) is 8.87. The van der Waals surface area contributed by atoms with Crippen LogP contribution in [-0.4, -0.2) is 17.9 Å². The van der Waals surface area contributed by atoms with Gasteiger partial charge in [-0.05, 0) is 24.6 Å². The van der Waals surface area contributed by atoms with Crippen molar-refractivity contribution in [2.24, 2.45) is 0 Å². The number of hydrogen-bond acceptors (Lipinski definition) is 7. The number of hydrogen-bond donors (Lipinski definition) is 2. The summed E-state index contributed by atoms with van der Waals surface area (Å²) in [5, 5.41) is 18.2. The lowest BCUT2D eigenvalue weighted by molar-refractivity contribution is -0.117. The molecule has 0 atom stereocenters. The lowest BCUT2D eigenvalue weighted by Gasteiger charge is -2.05. The highest BCUT2D eigenvalue weighted by atomic mass is 16.7. The van der Waals surface area contributed by atoms with Crippen molar-refractivity contribution in [1.82, 2.24) is 10.5 Å². The van der Waals surface area contributed by atoms with E-state index in [4.69, 9.17) is 19.3 Å². The first-order chi connectivity index (χ1) is 11.7. The van der Waals surface area contributed by atoms with Crippen molar-refractivity contribution in [3.05, 3.63) is 47.4 Å². The monoisotopic (exact) mass is 326 g/mol. The molecule has 1 amide bonds. The molecule has 8 heteroatoms. The third-order valence-corrected chi connectivity index (χ3v) is 3.25. The summed E-state index contributed by atoms with van der Waals surface area (Å²) in [6.07, 6.45) is 1.28. The molecule has 2 heterocycles. The fourth-order valence-electron chi connectivity index (χ4n) is 2.06. The minimum Gasteiger partial charge on any atom is -0.454 e. The highest BCUT2D eigenvalue weighted by molar-refractivity contribution is 5.97. The number of nitrogens with one attached hydrogen (secondary N) is 2. The summed E-state index contributed by atoms with van der Waals surface area (Å²) in [7, 11) is 0. The van der Waals surface area contributed by atoms with Gasteiger partial charge in [-0.15, -0.1) is 0 Å². The molecule has 0 aliphatic carbocycles. The van der Waals surface area contributed by atoms with E-state index in [1.807, 2.05) is 12.1 Å². The van der Waals surface area contributed by atoms with Gasteiger partial charge in [0.2, 0.25) is 6.79 Å². The molecule has 0 radical (unpaired) electrons. The van der Waals surface area contributed by atoms with E-state index >= 15 is 0 Å². The quantitative estimate of drug-likeness (QED) is 0.637. The Balaban J connectivity index is 1.59. The van der Waals surface area contributed by atoms with Gasteiger partial charge in [0.25, 0.3) is 5.91 Å². The van der Waals surface area contributed by atoms with Gasteiger partial charge in [0.05, 0.1) is 0 Å². The first-order valence-corrected chi connectivity index (χ1v) is 7.12. The molecule has 3 rings (SSSR count). The Kier molecular flexibility index (Phi) is 4.34. The number of benzene rings is 1. The van der Waals surface area contributed by atoms with Crippen molar-refractivity contribution in [3.8, 4) is 17.6 Å². The van der Waals surface area contributed by atoms with E-state index < -0.39 is 5.91 Å².